The summed E-state index contributed by atoms with van der Waals surface area (Å²) >= 11 is 4.98. The van der Waals surface area contributed by atoms with Gasteiger partial charge in [-0.25, -0.2) is 4.98 Å². The number of carbonyl (C=O) groups is 1. The lowest BCUT2D eigenvalue weighted by Gasteiger charge is -2.29. The SMILES string of the molecule is COc1ccc(SCCC(=O)N(CCN2CCOCC2)c2nc3c(SC)cccc3s2)cc1.Cl. The fraction of sp³-hybridized carbons (Fsp3) is 0.417. The van der Waals surface area contributed by atoms with Crippen LogP contribution in [0.4, 0.5) is 5.13 Å². The number of rotatable bonds is 10. The molecule has 3 aromatic rings. The maximum atomic E-state index is 13.3. The zero-order chi connectivity index (χ0) is 23.0. The quantitative estimate of drug-likeness (QED) is 0.324. The molecule has 6 nitrogen and oxygen atoms in total. The molecule has 1 saturated heterocycles. The molecule has 1 amide bonds. The van der Waals surface area contributed by atoms with Crippen LogP contribution in [0.25, 0.3) is 10.2 Å². The van der Waals surface area contributed by atoms with Gasteiger partial charge in [-0.05, 0) is 42.7 Å². The van der Waals surface area contributed by atoms with Gasteiger partial charge in [-0.3, -0.25) is 14.6 Å². The summed E-state index contributed by atoms with van der Waals surface area (Å²) in [6.45, 7) is 4.79. The number of halogens is 1. The predicted molar refractivity (Wildman–Crippen MR) is 147 cm³/mol. The molecule has 0 bridgehead atoms. The third-order valence-electron chi connectivity index (χ3n) is 5.51. The Morgan fingerprint density at radius 2 is 1.97 bits per heavy atom. The normalized spacial score (nSPS) is 14.1. The van der Waals surface area contributed by atoms with Crippen molar-refractivity contribution in [3.8, 4) is 5.75 Å². The molecule has 10 heteroatoms. The molecule has 1 aliphatic rings. The highest BCUT2D eigenvalue weighted by atomic mass is 35.5. The number of methoxy groups -OCH3 is 1. The van der Waals surface area contributed by atoms with E-state index in [0.29, 0.717) is 13.0 Å². The van der Waals surface area contributed by atoms with Crippen molar-refractivity contribution in [1.82, 2.24) is 9.88 Å². The molecule has 1 fully saturated rings. The van der Waals surface area contributed by atoms with E-state index >= 15 is 0 Å². The van der Waals surface area contributed by atoms with Gasteiger partial charge in [0.1, 0.15) is 5.75 Å². The Hall–Kier alpha value is -1.49. The number of morpholine rings is 1. The highest BCUT2D eigenvalue weighted by molar-refractivity contribution is 7.99. The molecule has 184 valence electrons. The van der Waals surface area contributed by atoms with Crippen molar-refractivity contribution in [2.45, 2.75) is 16.2 Å². The number of amides is 1. The van der Waals surface area contributed by atoms with Crippen molar-refractivity contribution < 1.29 is 14.3 Å². The fourth-order valence-corrected chi connectivity index (χ4v) is 6.15. The number of hydrogen-bond acceptors (Lipinski definition) is 8. The van der Waals surface area contributed by atoms with Gasteiger partial charge in [0.25, 0.3) is 0 Å². The van der Waals surface area contributed by atoms with E-state index in [0.717, 1.165) is 69.5 Å². The van der Waals surface area contributed by atoms with E-state index in [4.69, 9.17) is 14.5 Å². The summed E-state index contributed by atoms with van der Waals surface area (Å²) in [5, 5.41) is 0.791. The molecule has 2 heterocycles. The molecule has 0 saturated carbocycles. The Morgan fingerprint density at radius 3 is 2.68 bits per heavy atom. The zero-order valence-electron chi connectivity index (χ0n) is 19.4. The van der Waals surface area contributed by atoms with Crippen molar-refractivity contribution in [3.05, 3.63) is 42.5 Å². The first-order valence-electron chi connectivity index (χ1n) is 11.0. The van der Waals surface area contributed by atoms with Crippen LogP contribution in [0.15, 0.2) is 52.3 Å². The largest absolute Gasteiger partial charge is 0.497 e. The van der Waals surface area contributed by atoms with Crippen LogP contribution in [-0.2, 0) is 9.53 Å². The second kappa shape index (κ2) is 13.6. The van der Waals surface area contributed by atoms with E-state index < -0.39 is 0 Å². The molecular weight excluding hydrogens is 510 g/mol. The van der Waals surface area contributed by atoms with Gasteiger partial charge >= 0.3 is 0 Å². The second-order valence-corrected chi connectivity index (χ2v) is 10.6. The van der Waals surface area contributed by atoms with Crippen molar-refractivity contribution in [2.75, 3.05) is 63.4 Å². The molecule has 4 rings (SSSR count). The number of aromatic nitrogens is 1. The van der Waals surface area contributed by atoms with Crippen LogP contribution < -0.4 is 9.64 Å². The van der Waals surface area contributed by atoms with Crippen molar-refractivity contribution in [1.29, 1.82) is 0 Å². The molecular formula is C24H30ClN3O3S3. The average molecular weight is 540 g/mol. The monoisotopic (exact) mass is 539 g/mol. The lowest BCUT2D eigenvalue weighted by atomic mass is 10.3. The number of fused-ring (bicyclic) bond motifs is 1. The lowest BCUT2D eigenvalue weighted by molar-refractivity contribution is -0.118. The van der Waals surface area contributed by atoms with Crippen molar-refractivity contribution in [3.63, 3.8) is 0 Å². The predicted octanol–water partition coefficient (Wildman–Crippen LogP) is 5.30. The molecule has 0 unspecified atom stereocenters. The summed E-state index contributed by atoms with van der Waals surface area (Å²) < 4.78 is 11.8. The molecule has 0 radical (unpaired) electrons. The minimum atomic E-state index is 0. The van der Waals surface area contributed by atoms with E-state index in [2.05, 4.69) is 29.4 Å². The topological polar surface area (TPSA) is 54.9 Å². The number of nitrogens with zero attached hydrogens (tertiary/aromatic N) is 3. The highest BCUT2D eigenvalue weighted by Crippen LogP contribution is 2.34. The number of ether oxygens (including phenoxy) is 2. The average Bonchev–Trinajstić information content (AvgIpc) is 3.29. The third kappa shape index (κ3) is 7.02. The van der Waals surface area contributed by atoms with Crippen LogP contribution >= 0.6 is 47.3 Å². The van der Waals surface area contributed by atoms with Crippen LogP contribution in [0.2, 0.25) is 0 Å². The summed E-state index contributed by atoms with van der Waals surface area (Å²) in [7, 11) is 1.66. The van der Waals surface area contributed by atoms with E-state index in [9.17, 15) is 4.79 Å². The van der Waals surface area contributed by atoms with E-state index in [1.54, 1.807) is 42.0 Å². The molecule has 0 aliphatic carbocycles. The maximum absolute atomic E-state index is 13.3. The minimum absolute atomic E-state index is 0. The van der Waals surface area contributed by atoms with Gasteiger partial charge in [0, 0.05) is 48.1 Å². The summed E-state index contributed by atoms with van der Waals surface area (Å²) in [4.78, 5) is 24.8. The Balaban J connectivity index is 0.00000324. The van der Waals surface area contributed by atoms with Gasteiger partial charge in [0.15, 0.2) is 5.13 Å². The fourth-order valence-electron chi connectivity index (χ4n) is 3.65. The Kier molecular flexibility index (Phi) is 10.8. The Labute approximate surface area is 219 Å². The highest BCUT2D eigenvalue weighted by Gasteiger charge is 2.22. The summed E-state index contributed by atoms with van der Waals surface area (Å²) in [6, 6.07) is 14.2. The smallest absolute Gasteiger partial charge is 0.229 e. The first-order chi connectivity index (χ1) is 16.2. The summed E-state index contributed by atoms with van der Waals surface area (Å²) in [6.07, 6.45) is 2.52. The molecule has 1 aliphatic heterocycles. The van der Waals surface area contributed by atoms with Gasteiger partial charge < -0.3 is 9.47 Å². The molecule has 34 heavy (non-hydrogen) atoms. The number of anilines is 1. The number of thiazole rings is 1. The van der Waals surface area contributed by atoms with Crippen LogP contribution in [0.5, 0.6) is 5.75 Å². The number of thioether (sulfide) groups is 2. The standard InChI is InChI=1S/C24H29N3O3S3.ClH/c1-29-18-6-8-19(9-7-18)32-17-10-22(28)27(12-11-26-13-15-30-16-14-26)24-25-23-20(31-2)4-3-5-21(23)33-24;/h3-9H,10-17H2,1-2H3;1H. The number of hydrogen-bond donors (Lipinski definition) is 0. The van der Waals surface area contributed by atoms with Crippen LogP contribution in [0, 0.1) is 0 Å². The van der Waals surface area contributed by atoms with Gasteiger partial charge in [0.2, 0.25) is 5.91 Å². The summed E-state index contributed by atoms with van der Waals surface area (Å²) in [5.74, 6) is 1.68. The van der Waals surface area contributed by atoms with Gasteiger partial charge in [-0.15, -0.1) is 35.9 Å². The van der Waals surface area contributed by atoms with Crippen LogP contribution in [0.3, 0.4) is 0 Å². The molecule has 0 atom stereocenters. The van der Waals surface area contributed by atoms with Gasteiger partial charge in [-0.1, -0.05) is 17.4 Å². The first kappa shape index (κ1) is 27.1. The number of benzene rings is 2. The molecule has 2 aromatic carbocycles. The van der Waals surface area contributed by atoms with E-state index in [-0.39, 0.29) is 18.3 Å². The Bertz CT molecular complexity index is 1060. The van der Waals surface area contributed by atoms with E-state index in [1.807, 2.05) is 29.2 Å². The summed E-state index contributed by atoms with van der Waals surface area (Å²) in [5.41, 5.74) is 0.988. The first-order valence-corrected chi connectivity index (χ1v) is 14.0. The van der Waals surface area contributed by atoms with Crippen molar-refractivity contribution >= 4 is 68.5 Å². The van der Waals surface area contributed by atoms with Crippen molar-refractivity contribution in [2.24, 2.45) is 0 Å². The van der Waals surface area contributed by atoms with Gasteiger partial charge in [-0.2, -0.15) is 0 Å². The lowest BCUT2D eigenvalue weighted by Crippen LogP contribution is -2.43. The van der Waals surface area contributed by atoms with Crippen LogP contribution in [-0.4, -0.2) is 74.3 Å². The minimum Gasteiger partial charge on any atom is -0.497 e. The van der Waals surface area contributed by atoms with E-state index in [1.165, 1.54) is 0 Å². The second-order valence-electron chi connectivity index (χ2n) is 7.58. The van der Waals surface area contributed by atoms with Gasteiger partial charge in [0.05, 0.1) is 30.5 Å². The number of para-hydroxylation sites is 1. The maximum Gasteiger partial charge on any atom is 0.229 e. The molecule has 0 N–H and O–H groups in total. The van der Waals surface area contributed by atoms with Crippen LogP contribution in [0.1, 0.15) is 6.42 Å². The molecule has 0 spiro atoms. The zero-order valence-corrected chi connectivity index (χ0v) is 22.7. The Morgan fingerprint density at radius 1 is 1.21 bits per heavy atom. The molecule has 1 aromatic heterocycles. The number of carbonyl (C=O) groups excluding carboxylic acids is 1. The third-order valence-corrected chi connectivity index (χ3v) is 8.34.